The Morgan fingerprint density at radius 2 is 1.70 bits per heavy atom. The van der Waals surface area contributed by atoms with E-state index in [1.807, 2.05) is 32.0 Å². The lowest BCUT2D eigenvalue weighted by Crippen LogP contribution is -2.36. The Hall–Kier alpha value is -4.59. The highest BCUT2D eigenvalue weighted by Gasteiger charge is 2.38. The number of hydrogen-bond donors (Lipinski definition) is 0. The third kappa shape index (κ3) is 3.72. The lowest BCUT2D eigenvalue weighted by atomic mass is 9.99. The molecule has 3 aromatic carbocycles. The normalized spacial score (nSPS) is 14.7. The molecule has 8 heteroatoms. The van der Waals surface area contributed by atoms with Crippen molar-refractivity contribution in [2.45, 2.75) is 26.8 Å². The Kier molecular flexibility index (Phi) is 5.26. The smallest absolute Gasteiger partial charge is 0.266 e. The maximum absolute atomic E-state index is 13.4. The summed E-state index contributed by atoms with van der Waals surface area (Å²) in [7, 11) is 0. The number of aryl methyl sites for hydroxylation is 2. The van der Waals surface area contributed by atoms with Gasteiger partial charge in [-0.3, -0.25) is 14.4 Å². The monoisotopic (exact) mass is 495 g/mol. The van der Waals surface area contributed by atoms with Gasteiger partial charge >= 0.3 is 0 Å². The van der Waals surface area contributed by atoms with Crippen LogP contribution in [0.1, 0.15) is 53.5 Å². The van der Waals surface area contributed by atoms with Gasteiger partial charge in [-0.15, -0.1) is 0 Å². The summed E-state index contributed by atoms with van der Waals surface area (Å²) in [6, 6.07) is 16.3. The molecule has 37 heavy (non-hydrogen) atoms. The summed E-state index contributed by atoms with van der Waals surface area (Å²) in [6.45, 7) is 4.43. The summed E-state index contributed by atoms with van der Waals surface area (Å²) >= 11 is 0. The van der Waals surface area contributed by atoms with E-state index in [1.54, 1.807) is 29.2 Å². The molecule has 6 rings (SSSR count). The van der Waals surface area contributed by atoms with Gasteiger partial charge in [0.15, 0.2) is 5.76 Å². The lowest BCUT2D eigenvalue weighted by Gasteiger charge is -2.26. The van der Waals surface area contributed by atoms with Crippen LogP contribution in [0.4, 0.5) is 10.1 Å². The first kappa shape index (κ1) is 22.8. The van der Waals surface area contributed by atoms with Gasteiger partial charge in [-0.25, -0.2) is 9.29 Å². The van der Waals surface area contributed by atoms with Crippen LogP contribution in [0.25, 0.3) is 11.3 Å². The molecule has 4 aromatic rings. The molecule has 3 heterocycles. The Labute approximate surface area is 212 Å². The fraction of sp³-hybridized carbons (Fsp3) is 0.172. The summed E-state index contributed by atoms with van der Waals surface area (Å²) in [6.07, 6.45) is 0.528. The maximum atomic E-state index is 13.4. The zero-order valence-electron chi connectivity index (χ0n) is 20.2. The van der Waals surface area contributed by atoms with Crippen molar-refractivity contribution < 1.29 is 23.3 Å². The Balaban J connectivity index is 1.25. The van der Waals surface area contributed by atoms with Crippen molar-refractivity contribution in [2.75, 3.05) is 11.4 Å². The average molecular weight is 496 g/mol. The number of amides is 3. The summed E-state index contributed by atoms with van der Waals surface area (Å²) in [5.41, 5.74) is 5.39. The topological polar surface area (TPSA) is 83.7 Å². The number of fused-ring (bicyclic) bond motifs is 2. The van der Waals surface area contributed by atoms with Crippen LogP contribution < -0.4 is 4.90 Å². The van der Waals surface area contributed by atoms with Gasteiger partial charge in [0.1, 0.15) is 11.5 Å². The molecule has 0 aliphatic carbocycles. The van der Waals surface area contributed by atoms with Gasteiger partial charge in [-0.1, -0.05) is 17.3 Å². The first-order chi connectivity index (χ1) is 17.8. The molecule has 0 radical (unpaired) electrons. The van der Waals surface area contributed by atoms with Crippen LogP contribution in [-0.4, -0.2) is 34.3 Å². The average Bonchev–Trinajstić information content (AvgIpc) is 3.43. The third-order valence-electron chi connectivity index (χ3n) is 6.97. The highest BCUT2D eigenvalue weighted by molar-refractivity contribution is 6.35. The van der Waals surface area contributed by atoms with E-state index in [4.69, 9.17) is 4.52 Å². The molecule has 0 saturated carbocycles. The molecule has 0 unspecified atom stereocenters. The molecule has 0 atom stereocenters. The van der Waals surface area contributed by atoms with Crippen LogP contribution in [0.5, 0.6) is 0 Å². The molecule has 0 fully saturated rings. The standard InChI is InChI=1S/C29H22FN3O4/c1-16-3-4-17(2)25(13-16)33-28(35)21-10-7-19(14-23(21)29(33)36)27(34)32-12-11-22-24(15-32)31-37-26(22)18-5-8-20(30)9-6-18/h3-10,13-14H,11-12,15H2,1-2H3. The number of aromatic nitrogens is 1. The molecule has 0 N–H and O–H groups in total. The zero-order chi connectivity index (χ0) is 25.8. The molecule has 3 amide bonds. The van der Waals surface area contributed by atoms with Crippen LogP contribution in [0.15, 0.2) is 65.2 Å². The van der Waals surface area contributed by atoms with Gasteiger partial charge in [-0.05, 0) is 79.9 Å². The minimum Gasteiger partial charge on any atom is -0.356 e. The predicted molar refractivity (Wildman–Crippen MR) is 134 cm³/mol. The molecule has 1 aromatic heterocycles. The molecule has 184 valence electrons. The number of benzene rings is 3. The number of rotatable bonds is 3. The van der Waals surface area contributed by atoms with Gasteiger partial charge in [0.2, 0.25) is 0 Å². The largest absolute Gasteiger partial charge is 0.356 e. The van der Waals surface area contributed by atoms with Crippen LogP contribution in [-0.2, 0) is 13.0 Å². The third-order valence-corrected chi connectivity index (χ3v) is 6.97. The molecule has 2 aliphatic rings. The van der Waals surface area contributed by atoms with Crippen molar-refractivity contribution in [3.8, 4) is 11.3 Å². The van der Waals surface area contributed by atoms with Crippen molar-refractivity contribution in [3.05, 3.63) is 106 Å². The minimum atomic E-state index is -0.440. The number of nitrogens with zero attached hydrogens (tertiary/aromatic N) is 3. The summed E-state index contributed by atoms with van der Waals surface area (Å²) in [5.74, 6) is -0.850. The number of hydrogen-bond acceptors (Lipinski definition) is 5. The molecule has 0 bridgehead atoms. The van der Waals surface area contributed by atoms with Crippen molar-refractivity contribution in [1.82, 2.24) is 10.1 Å². The molecule has 0 spiro atoms. The van der Waals surface area contributed by atoms with Crippen molar-refractivity contribution in [2.24, 2.45) is 0 Å². The highest BCUT2D eigenvalue weighted by atomic mass is 19.1. The molecule has 7 nitrogen and oxygen atoms in total. The molecular weight excluding hydrogens is 473 g/mol. The van der Waals surface area contributed by atoms with E-state index in [2.05, 4.69) is 5.16 Å². The van der Waals surface area contributed by atoms with Crippen LogP contribution in [0, 0.1) is 19.7 Å². The van der Waals surface area contributed by atoms with Crippen molar-refractivity contribution in [3.63, 3.8) is 0 Å². The van der Waals surface area contributed by atoms with Crippen LogP contribution >= 0.6 is 0 Å². The van der Waals surface area contributed by atoms with E-state index >= 15 is 0 Å². The quantitative estimate of drug-likeness (QED) is 0.370. The fourth-order valence-corrected chi connectivity index (χ4v) is 4.97. The van der Waals surface area contributed by atoms with Gasteiger partial charge < -0.3 is 9.42 Å². The van der Waals surface area contributed by atoms with Crippen molar-refractivity contribution in [1.29, 1.82) is 0 Å². The van der Waals surface area contributed by atoms with E-state index in [9.17, 15) is 18.8 Å². The van der Waals surface area contributed by atoms with Crippen LogP contribution in [0.3, 0.4) is 0 Å². The van der Waals surface area contributed by atoms with E-state index < -0.39 is 11.8 Å². The summed E-state index contributed by atoms with van der Waals surface area (Å²) in [5, 5.41) is 4.15. The zero-order valence-corrected chi connectivity index (χ0v) is 20.2. The number of imide groups is 1. The minimum absolute atomic E-state index is 0.217. The second-order valence-electron chi connectivity index (χ2n) is 9.42. The fourth-order valence-electron chi connectivity index (χ4n) is 4.97. The maximum Gasteiger partial charge on any atom is 0.266 e. The van der Waals surface area contributed by atoms with E-state index in [0.717, 1.165) is 22.3 Å². The first-order valence-electron chi connectivity index (χ1n) is 11.9. The van der Waals surface area contributed by atoms with Gasteiger partial charge in [0.25, 0.3) is 17.7 Å². The second-order valence-corrected chi connectivity index (χ2v) is 9.42. The molecular formula is C29H22FN3O4. The summed E-state index contributed by atoms with van der Waals surface area (Å²) in [4.78, 5) is 42.6. The lowest BCUT2D eigenvalue weighted by molar-refractivity contribution is 0.0731. The highest BCUT2D eigenvalue weighted by Crippen LogP contribution is 2.33. The number of carbonyl (C=O) groups is 3. The predicted octanol–water partition coefficient (Wildman–Crippen LogP) is 5.10. The van der Waals surface area contributed by atoms with Gasteiger partial charge in [0.05, 0.1) is 23.4 Å². The van der Waals surface area contributed by atoms with Gasteiger partial charge in [0, 0.05) is 23.2 Å². The Bertz CT molecular complexity index is 1610. The second kappa shape index (κ2) is 8.51. The van der Waals surface area contributed by atoms with Gasteiger partial charge in [-0.2, -0.15) is 0 Å². The van der Waals surface area contributed by atoms with E-state index in [-0.39, 0.29) is 29.4 Å². The summed E-state index contributed by atoms with van der Waals surface area (Å²) < 4.78 is 18.8. The number of anilines is 1. The van der Waals surface area contributed by atoms with E-state index in [1.165, 1.54) is 23.1 Å². The molecule has 0 saturated heterocycles. The first-order valence-corrected chi connectivity index (χ1v) is 11.9. The SMILES string of the molecule is Cc1ccc(C)c(N2C(=O)c3ccc(C(=O)N4CCc5c(noc5-c5ccc(F)cc5)C4)cc3C2=O)c1. The number of carbonyl (C=O) groups excluding carboxylic acids is 3. The Morgan fingerprint density at radius 3 is 2.49 bits per heavy atom. The van der Waals surface area contributed by atoms with Crippen molar-refractivity contribution >= 4 is 23.4 Å². The number of halogens is 1. The Morgan fingerprint density at radius 1 is 0.946 bits per heavy atom. The molecule has 2 aliphatic heterocycles. The van der Waals surface area contributed by atoms with E-state index in [0.29, 0.717) is 35.7 Å². The van der Waals surface area contributed by atoms with Crippen LogP contribution in [0.2, 0.25) is 0 Å².